The van der Waals surface area contributed by atoms with E-state index in [-0.39, 0.29) is 0 Å². The summed E-state index contributed by atoms with van der Waals surface area (Å²) in [4.78, 5) is 11.4. The lowest BCUT2D eigenvalue weighted by molar-refractivity contribution is 0.176. The van der Waals surface area contributed by atoms with Crippen LogP contribution < -0.4 is 10.6 Å². The lowest BCUT2D eigenvalue weighted by Gasteiger charge is -2.31. The molecular weight excluding hydrogens is 358 g/mol. The highest BCUT2D eigenvalue weighted by Crippen LogP contribution is 2.19. The molecule has 0 unspecified atom stereocenters. The smallest absolute Gasteiger partial charge is 0.190 e. The molecule has 0 radical (unpaired) electrons. The Morgan fingerprint density at radius 3 is 2.85 bits per heavy atom. The van der Waals surface area contributed by atoms with Crippen LogP contribution in [0.1, 0.15) is 30.0 Å². The fraction of sp³-hybridized carbons (Fsp3) is 0.632. The zero-order valence-corrected chi connectivity index (χ0v) is 17.2. The first kappa shape index (κ1) is 19.8. The number of thiazole rings is 1. The van der Waals surface area contributed by atoms with E-state index >= 15 is 0 Å². The van der Waals surface area contributed by atoms with Crippen molar-refractivity contribution < 1.29 is 0 Å². The molecule has 8 heteroatoms. The van der Waals surface area contributed by atoms with Crippen molar-refractivity contribution in [2.45, 2.75) is 39.3 Å². The van der Waals surface area contributed by atoms with Gasteiger partial charge in [-0.05, 0) is 51.3 Å². The summed E-state index contributed by atoms with van der Waals surface area (Å²) in [6.07, 6.45) is 7.29. The van der Waals surface area contributed by atoms with Crippen LogP contribution in [0.2, 0.25) is 0 Å². The van der Waals surface area contributed by atoms with Gasteiger partial charge in [-0.15, -0.1) is 11.3 Å². The summed E-state index contributed by atoms with van der Waals surface area (Å²) >= 11 is 1.74. The van der Waals surface area contributed by atoms with Crippen LogP contribution in [-0.4, -0.2) is 58.9 Å². The predicted octanol–water partition coefficient (Wildman–Crippen LogP) is 2.12. The van der Waals surface area contributed by atoms with Crippen LogP contribution in [-0.2, 0) is 13.1 Å². The molecule has 148 valence electrons. The molecule has 7 nitrogen and oxygen atoms in total. The highest BCUT2D eigenvalue weighted by molar-refractivity contribution is 7.09. The minimum absolute atomic E-state index is 0.709. The molecule has 1 fully saturated rings. The molecule has 0 atom stereocenters. The van der Waals surface area contributed by atoms with E-state index in [0.29, 0.717) is 5.92 Å². The summed E-state index contributed by atoms with van der Waals surface area (Å²) in [5.74, 6) is 1.61. The van der Waals surface area contributed by atoms with Gasteiger partial charge in [-0.2, -0.15) is 5.10 Å². The van der Waals surface area contributed by atoms with Gasteiger partial charge in [-0.25, -0.2) is 4.98 Å². The molecule has 27 heavy (non-hydrogen) atoms. The van der Waals surface area contributed by atoms with E-state index in [0.717, 1.165) is 56.7 Å². The van der Waals surface area contributed by atoms with E-state index < -0.39 is 0 Å². The van der Waals surface area contributed by atoms with Gasteiger partial charge in [0, 0.05) is 51.0 Å². The number of rotatable bonds is 8. The first-order valence-electron chi connectivity index (χ1n) is 9.78. The van der Waals surface area contributed by atoms with Crippen LogP contribution in [0.25, 0.3) is 0 Å². The average molecular weight is 390 g/mol. The maximum absolute atomic E-state index is 4.58. The van der Waals surface area contributed by atoms with Gasteiger partial charge < -0.3 is 10.6 Å². The summed E-state index contributed by atoms with van der Waals surface area (Å²) in [5.41, 5.74) is 1.22. The Morgan fingerprint density at radius 1 is 1.33 bits per heavy atom. The summed E-state index contributed by atoms with van der Waals surface area (Å²) < 4.78 is 1.96. The van der Waals surface area contributed by atoms with Crippen LogP contribution in [0.3, 0.4) is 0 Å². The Balaban J connectivity index is 1.29. The topological polar surface area (TPSA) is 70.4 Å². The molecule has 3 rings (SSSR count). The molecule has 0 amide bonds. The standard InChI is InChI=1S/C19H31N7S/c1-16-24-18(15-27-16)14-25-11-5-17(6-12-25)13-22-19(20-2)21-7-3-9-26-10-4-8-23-26/h4,8,10,15,17H,3,5-7,9,11-14H2,1-2H3,(H2,20,21,22). The number of likely N-dealkylation sites (tertiary alicyclic amines) is 1. The van der Waals surface area contributed by atoms with E-state index in [2.05, 4.69) is 42.9 Å². The van der Waals surface area contributed by atoms with Crippen molar-refractivity contribution in [3.63, 3.8) is 0 Å². The van der Waals surface area contributed by atoms with Gasteiger partial charge in [0.05, 0.1) is 10.7 Å². The number of aliphatic imine (C=N–C) groups is 1. The van der Waals surface area contributed by atoms with Gasteiger partial charge >= 0.3 is 0 Å². The van der Waals surface area contributed by atoms with Crippen molar-refractivity contribution in [2.75, 3.05) is 33.2 Å². The van der Waals surface area contributed by atoms with E-state index in [1.807, 2.05) is 30.2 Å². The van der Waals surface area contributed by atoms with Crippen LogP contribution in [0.4, 0.5) is 0 Å². The SMILES string of the molecule is CN=C(NCCCn1cccn1)NCC1CCN(Cc2csc(C)n2)CC1. The van der Waals surface area contributed by atoms with Crippen LogP contribution >= 0.6 is 11.3 Å². The van der Waals surface area contributed by atoms with E-state index in [1.54, 1.807) is 11.3 Å². The zero-order valence-electron chi connectivity index (χ0n) is 16.4. The third-order valence-electron chi connectivity index (χ3n) is 4.96. The Morgan fingerprint density at radius 2 is 2.19 bits per heavy atom. The zero-order chi connectivity index (χ0) is 18.9. The lowest BCUT2D eigenvalue weighted by Crippen LogP contribution is -2.43. The number of aryl methyl sites for hydroxylation is 2. The number of piperidine rings is 1. The van der Waals surface area contributed by atoms with Crippen LogP contribution in [0.5, 0.6) is 0 Å². The summed E-state index contributed by atoms with van der Waals surface area (Å²) in [6.45, 7) is 8.17. The molecule has 0 saturated carbocycles. The van der Waals surface area contributed by atoms with Gasteiger partial charge in [0.25, 0.3) is 0 Å². The molecular formula is C19H31N7S. The second-order valence-corrected chi connectivity index (χ2v) is 8.14. The van der Waals surface area contributed by atoms with E-state index in [4.69, 9.17) is 0 Å². The van der Waals surface area contributed by atoms with E-state index in [9.17, 15) is 0 Å². The minimum atomic E-state index is 0.709. The van der Waals surface area contributed by atoms with Crippen molar-refractivity contribution in [3.05, 3.63) is 34.5 Å². The Labute approximate surface area is 165 Å². The molecule has 3 heterocycles. The fourth-order valence-corrected chi connectivity index (χ4v) is 4.00. The molecule has 0 bridgehead atoms. The maximum Gasteiger partial charge on any atom is 0.190 e. The van der Waals surface area contributed by atoms with Crippen molar-refractivity contribution in [1.29, 1.82) is 0 Å². The van der Waals surface area contributed by atoms with Crippen LogP contribution in [0.15, 0.2) is 28.8 Å². The first-order valence-corrected chi connectivity index (χ1v) is 10.7. The first-order chi connectivity index (χ1) is 13.2. The number of nitrogens with zero attached hydrogens (tertiary/aromatic N) is 5. The number of hydrogen-bond donors (Lipinski definition) is 2. The molecule has 0 aromatic carbocycles. The monoisotopic (exact) mass is 389 g/mol. The third kappa shape index (κ3) is 6.62. The molecule has 0 aliphatic carbocycles. The van der Waals surface area contributed by atoms with Gasteiger partial charge in [-0.1, -0.05) is 0 Å². The minimum Gasteiger partial charge on any atom is -0.356 e. The number of aromatic nitrogens is 3. The highest BCUT2D eigenvalue weighted by atomic mass is 32.1. The second kappa shape index (κ2) is 10.4. The molecule has 0 spiro atoms. The van der Waals surface area contributed by atoms with Gasteiger partial charge in [-0.3, -0.25) is 14.6 Å². The third-order valence-corrected chi connectivity index (χ3v) is 5.78. The van der Waals surface area contributed by atoms with Crippen molar-refractivity contribution >= 4 is 17.3 Å². The van der Waals surface area contributed by atoms with Gasteiger partial charge in [0.1, 0.15) is 0 Å². The van der Waals surface area contributed by atoms with Gasteiger partial charge in [0.2, 0.25) is 0 Å². The normalized spacial score (nSPS) is 16.6. The molecule has 2 aromatic rings. The Bertz CT molecular complexity index is 687. The predicted molar refractivity (Wildman–Crippen MR) is 111 cm³/mol. The molecule has 1 saturated heterocycles. The Hall–Kier alpha value is -1.93. The number of guanidine groups is 1. The largest absolute Gasteiger partial charge is 0.356 e. The molecule has 1 aliphatic rings. The number of nitrogens with one attached hydrogen (secondary N) is 2. The van der Waals surface area contributed by atoms with Crippen molar-refractivity contribution in [1.82, 2.24) is 30.3 Å². The quantitative estimate of drug-likeness (QED) is 0.411. The van der Waals surface area contributed by atoms with E-state index in [1.165, 1.54) is 18.5 Å². The lowest BCUT2D eigenvalue weighted by atomic mass is 9.97. The maximum atomic E-state index is 4.58. The van der Waals surface area contributed by atoms with Crippen molar-refractivity contribution in [3.8, 4) is 0 Å². The Kier molecular flexibility index (Phi) is 7.65. The average Bonchev–Trinajstić information content (AvgIpc) is 3.34. The summed E-state index contributed by atoms with van der Waals surface area (Å²) in [7, 11) is 1.83. The van der Waals surface area contributed by atoms with Gasteiger partial charge in [0.15, 0.2) is 5.96 Å². The highest BCUT2D eigenvalue weighted by Gasteiger charge is 2.20. The van der Waals surface area contributed by atoms with Crippen LogP contribution in [0, 0.1) is 12.8 Å². The van der Waals surface area contributed by atoms with Crippen molar-refractivity contribution in [2.24, 2.45) is 10.9 Å². The summed E-state index contributed by atoms with van der Waals surface area (Å²) in [6, 6.07) is 1.96. The fourth-order valence-electron chi connectivity index (χ4n) is 3.40. The molecule has 2 aromatic heterocycles. The molecule has 1 aliphatic heterocycles. The summed E-state index contributed by atoms with van der Waals surface area (Å²) in [5, 5.41) is 14.4. The second-order valence-electron chi connectivity index (χ2n) is 7.08. The number of hydrogen-bond acceptors (Lipinski definition) is 5. The molecule has 2 N–H and O–H groups in total.